The molecule has 0 radical (unpaired) electrons. The van der Waals surface area contributed by atoms with Crippen LogP contribution < -0.4 is 5.32 Å². The summed E-state index contributed by atoms with van der Waals surface area (Å²) >= 11 is 2.85. The molecule has 0 bridgehead atoms. The van der Waals surface area contributed by atoms with Crippen LogP contribution in [-0.4, -0.2) is 20.7 Å². The highest BCUT2D eigenvalue weighted by atomic mass is 32.1. The van der Waals surface area contributed by atoms with Crippen molar-refractivity contribution in [3.63, 3.8) is 0 Å². The maximum Gasteiger partial charge on any atom is 0.435 e. The van der Waals surface area contributed by atoms with Crippen LogP contribution in [0.3, 0.4) is 0 Å². The third-order valence-electron chi connectivity index (χ3n) is 5.09. The fourth-order valence-electron chi connectivity index (χ4n) is 3.41. The lowest BCUT2D eigenvalue weighted by Gasteiger charge is -2.04. The number of carbonyl (C=O) groups excluding carboxylic acids is 1. The van der Waals surface area contributed by atoms with E-state index >= 15 is 0 Å². The zero-order chi connectivity index (χ0) is 23.9. The number of nitrogens with zero attached hydrogens (tertiary/aromatic N) is 3. The lowest BCUT2D eigenvalue weighted by molar-refractivity contribution is -0.141. The van der Waals surface area contributed by atoms with E-state index in [0.717, 1.165) is 26.9 Å². The van der Waals surface area contributed by atoms with Crippen LogP contribution in [0.15, 0.2) is 66.2 Å². The zero-order valence-corrected chi connectivity index (χ0v) is 19.4. The van der Waals surface area contributed by atoms with Gasteiger partial charge < -0.3 is 5.32 Å². The largest absolute Gasteiger partial charge is 0.435 e. The number of nitrogens with one attached hydrogen (secondary N) is 1. The number of benzene rings is 2. The number of hydrogen-bond acceptors (Lipinski definition) is 5. The predicted octanol–water partition coefficient (Wildman–Crippen LogP) is 6.85. The van der Waals surface area contributed by atoms with E-state index in [4.69, 9.17) is 0 Å². The first-order valence-corrected chi connectivity index (χ1v) is 11.9. The molecular formula is C24H17F3N4OS2. The molecule has 172 valence electrons. The molecule has 3 heterocycles. The number of thiophene rings is 1. The van der Waals surface area contributed by atoms with Crippen LogP contribution in [-0.2, 0) is 12.7 Å². The van der Waals surface area contributed by atoms with Crippen molar-refractivity contribution >= 4 is 44.5 Å². The molecule has 2 aromatic carbocycles. The fourth-order valence-corrected chi connectivity index (χ4v) is 5.28. The summed E-state index contributed by atoms with van der Waals surface area (Å²) in [6.07, 6.45) is -3.21. The van der Waals surface area contributed by atoms with Crippen LogP contribution in [0.1, 0.15) is 26.5 Å². The maximum absolute atomic E-state index is 12.7. The minimum absolute atomic E-state index is 0.149. The molecule has 0 unspecified atom stereocenters. The monoisotopic (exact) mass is 498 g/mol. The standard InChI is InChI=1S/C24H17F3N4OS2/c1-14-2-7-18-19(10-14)34-23(29-18)16-3-5-17(6-4-16)28-22(32)20-11-15(13-33-20)12-31-9-8-21(30-31)24(25,26)27/h2-11,13H,12H2,1H3,(H,28,32). The third kappa shape index (κ3) is 4.73. The van der Waals surface area contributed by atoms with Crippen molar-refractivity contribution in [3.8, 4) is 10.6 Å². The average molecular weight is 499 g/mol. The minimum Gasteiger partial charge on any atom is -0.321 e. The number of carbonyl (C=O) groups is 1. The van der Waals surface area contributed by atoms with E-state index in [1.54, 1.807) is 22.8 Å². The Balaban J connectivity index is 1.24. The van der Waals surface area contributed by atoms with Gasteiger partial charge in [0.05, 0.1) is 21.6 Å². The van der Waals surface area contributed by atoms with Gasteiger partial charge in [0.1, 0.15) is 5.01 Å². The third-order valence-corrected chi connectivity index (χ3v) is 7.13. The Morgan fingerprint density at radius 2 is 1.88 bits per heavy atom. The lowest BCUT2D eigenvalue weighted by Crippen LogP contribution is -2.10. The average Bonchev–Trinajstić information content (AvgIpc) is 3.53. The Labute approximate surface area is 200 Å². The van der Waals surface area contributed by atoms with Gasteiger partial charge in [-0.2, -0.15) is 18.3 Å². The Morgan fingerprint density at radius 3 is 2.62 bits per heavy atom. The van der Waals surface area contributed by atoms with Crippen molar-refractivity contribution < 1.29 is 18.0 Å². The summed E-state index contributed by atoms with van der Waals surface area (Å²) in [5, 5.41) is 9.05. The Hall–Kier alpha value is -3.50. The van der Waals surface area contributed by atoms with E-state index in [-0.39, 0.29) is 12.5 Å². The van der Waals surface area contributed by atoms with E-state index in [1.807, 2.05) is 43.3 Å². The van der Waals surface area contributed by atoms with Gasteiger partial charge in [0, 0.05) is 17.4 Å². The maximum atomic E-state index is 12.7. The predicted molar refractivity (Wildman–Crippen MR) is 128 cm³/mol. The van der Waals surface area contributed by atoms with Gasteiger partial charge in [-0.25, -0.2) is 4.98 Å². The molecule has 5 rings (SSSR count). The molecule has 1 amide bonds. The number of fused-ring (bicyclic) bond motifs is 1. The molecule has 0 saturated carbocycles. The van der Waals surface area contributed by atoms with Crippen molar-refractivity contribution in [1.29, 1.82) is 0 Å². The molecule has 0 aliphatic heterocycles. The molecule has 10 heteroatoms. The first kappa shape index (κ1) is 22.3. The van der Waals surface area contributed by atoms with Crippen molar-refractivity contribution in [2.75, 3.05) is 5.32 Å². The summed E-state index contributed by atoms with van der Waals surface area (Å²) in [6.45, 7) is 2.20. The number of aromatic nitrogens is 3. The van der Waals surface area contributed by atoms with Gasteiger partial charge in [-0.05, 0) is 72.0 Å². The summed E-state index contributed by atoms with van der Waals surface area (Å²) in [5.41, 5.74) is 3.52. The molecule has 34 heavy (non-hydrogen) atoms. The molecular weight excluding hydrogens is 481 g/mol. The first-order valence-electron chi connectivity index (χ1n) is 10.2. The summed E-state index contributed by atoms with van der Waals surface area (Å²) < 4.78 is 40.5. The lowest BCUT2D eigenvalue weighted by atomic mass is 10.2. The number of halogens is 3. The highest BCUT2D eigenvalue weighted by molar-refractivity contribution is 7.21. The van der Waals surface area contributed by atoms with Crippen molar-refractivity contribution in [3.05, 3.63) is 87.9 Å². The second-order valence-corrected chi connectivity index (χ2v) is 9.68. The molecule has 0 atom stereocenters. The van der Waals surface area contributed by atoms with Gasteiger partial charge in [0.25, 0.3) is 5.91 Å². The first-order chi connectivity index (χ1) is 16.2. The molecule has 5 aromatic rings. The smallest absolute Gasteiger partial charge is 0.321 e. The van der Waals surface area contributed by atoms with Crippen LogP contribution in [0.5, 0.6) is 0 Å². The van der Waals surface area contributed by atoms with E-state index in [0.29, 0.717) is 16.1 Å². The Kier molecular flexibility index (Phi) is 5.70. The van der Waals surface area contributed by atoms with E-state index in [9.17, 15) is 18.0 Å². The SMILES string of the molecule is Cc1ccc2nc(-c3ccc(NC(=O)c4cc(Cn5ccc(C(F)(F)F)n5)cs4)cc3)sc2c1. The quantitative estimate of drug-likeness (QED) is 0.288. The zero-order valence-electron chi connectivity index (χ0n) is 17.8. The van der Waals surface area contributed by atoms with Crippen molar-refractivity contribution in [2.45, 2.75) is 19.6 Å². The van der Waals surface area contributed by atoms with Crippen LogP contribution in [0.2, 0.25) is 0 Å². The van der Waals surface area contributed by atoms with Crippen LogP contribution >= 0.6 is 22.7 Å². The fraction of sp³-hybridized carbons (Fsp3) is 0.125. The normalized spacial score (nSPS) is 11.8. The van der Waals surface area contributed by atoms with Gasteiger partial charge in [0.2, 0.25) is 0 Å². The minimum atomic E-state index is -4.48. The number of hydrogen-bond donors (Lipinski definition) is 1. The van der Waals surface area contributed by atoms with Crippen molar-refractivity contribution in [2.24, 2.45) is 0 Å². The van der Waals surface area contributed by atoms with Gasteiger partial charge in [-0.1, -0.05) is 6.07 Å². The number of rotatable bonds is 5. The number of amides is 1. The van der Waals surface area contributed by atoms with Crippen LogP contribution in [0, 0.1) is 6.92 Å². The van der Waals surface area contributed by atoms with Gasteiger partial charge >= 0.3 is 6.18 Å². The highest BCUT2D eigenvalue weighted by Crippen LogP contribution is 2.31. The highest BCUT2D eigenvalue weighted by Gasteiger charge is 2.33. The topological polar surface area (TPSA) is 59.8 Å². The molecule has 0 aliphatic carbocycles. The molecule has 5 nitrogen and oxygen atoms in total. The van der Waals surface area contributed by atoms with Crippen LogP contribution in [0.4, 0.5) is 18.9 Å². The van der Waals surface area contributed by atoms with E-state index in [1.165, 1.54) is 27.8 Å². The van der Waals surface area contributed by atoms with Gasteiger partial charge in [0.15, 0.2) is 5.69 Å². The van der Waals surface area contributed by atoms with E-state index in [2.05, 4.69) is 21.5 Å². The molecule has 0 saturated heterocycles. The molecule has 0 aliphatic rings. The summed E-state index contributed by atoms with van der Waals surface area (Å²) in [4.78, 5) is 17.8. The second kappa shape index (κ2) is 8.69. The molecule has 0 spiro atoms. The number of anilines is 1. The number of alkyl halides is 3. The Morgan fingerprint density at radius 1 is 1.09 bits per heavy atom. The van der Waals surface area contributed by atoms with Crippen molar-refractivity contribution in [1.82, 2.24) is 14.8 Å². The van der Waals surface area contributed by atoms with Gasteiger partial charge in [-0.15, -0.1) is 22.7 Å². The number of thiazole rings is 1. The van der Waals surface area contributed by atoms with Crippen LogP contribution in [0.25, 0.3) is 20.8 Å². The number of aryl methyl sites for hydroxylation is 1. The van der Waals surface area contributed by atoms with Gasteiger partial charge in [-0.3, -0.25) is 9.48 Å². The molecule has 0 fully saturated rings. The summed E-state index contributed by atoms with van der Waals surface area (Å²) in [6, 6.07) is 16.2. The molecule has 1 N–H and O–H groups in total. The second-order valence-electron chi connectivity index (χ2n) is 7.74. The molecule has 3 aromatic heterocycles. The van der Waals surface area contributed by atoms with E-state index < -0.39 is 11.9 Å². The Bertz CT molecular complexity index is 1480. The summed E-state index contributed by atoms with van der Waals surface area (Å²) in [7, 11) is 0. The summed E-state index contributed by atoms with van der Waals surface area (Å²) in [5.74, 6) is -0.282.